The number of aryl methyl sites for hydroxylation is 4. The number of benzene rings is 2. The van der Waals surface area contributed by atoms with Crippen LogP contribution in [0.2, 0.25) is 15.3 Å². The molecule has 0 saturated carbocycles. The minimum atomic E-state index is -0.804. The number of hydrogen-bond acceptors (Lipinski definition) is 18. The lowest BCUT2D eigenvalue weighted by atomic mass is 10.2. The number of halogens is 3. The number of nitrogens with one attached hydrogen (secondary N) is 2. The van der Waals surface area contributed by atoms with Crippen molar-refractivity contribution in [1.82, 2.24) is 39.9 Å². The lowest BCUT2D eigenvalue weighted by Gasteiger charge is -2.26. The molecule has 6 rings (SSSR count). The van der Waals surface area contributed by atoms with Gasteiger partial charge in [-0.3, -0.25) is 25.3 Å². The van der Waals surface area contributed by atoms with E-state index >= 15 is 0 Å². The Bertz CT molecular complexity index is 2980. The summed E-state index contributed by atoms with van der Waals surface area (Å²) in [5.41, 5.74) is 6.73. The fraction of sp³-hybridized carbons (Fsp3) is 0.356. The van der Waals surface area contributed by atoms with Crippen LogP contribution in [-0.4, -0.2) is 84.8 Å². The molecule has 27 heteroatoms. The van der Waals surface area contributed by atoms with Gasteiger partial charge in [-0.05, 0) is 113 Å². The molecule has 4 heterocycles. The monoisotopic (exact) mass is 1050 g/mol. The van der Waals surface area contributed by atoms with Crippen LogP contribution >= 0.6 is 34.8 Å². The summed E-state index contributed by atoms with van der Waals surface area (Å²) >= 11 is 18.4. The third-order valence-electron chi connectivity index (χ3n) is 8.74. The van der Waals surface area contributed by atoms with Gasteiger partial charge in [0.1, 0.15) is 26.8 Å². The Labute approximate surface area is 428 Å². The van der Waals surface area contributed by atoms with E-state index in [0.29, 0.717) is 22.8 Å². The zero-order valence-corrected chi connectivity index (χ0v) is 43.8. The van der Waals surface area contributed by atoms with Gasteiger partial charge in [0, 0.05) is 47.8 Å². The first kappa shape index (κ1) is 56.9. The summed E-state index contributed by atoms with van der Waals surface area (Å²) in [6, 6.07) is 11.9. The number of anilines is 7. The number of nitro groups is 2. The van der Waals surface area contributed by atoms with Crippen LogP contribution < -0.4 is 20.9 Å². The number of aromatic amines is 1. The second kappa shape index (κ2) is 23.0. The van der Waals surface area contributed by atoms with Gasteiger partial charge in [-0.1, -0.05) is 35.3 Å². The first-order valence-electron chi connectivity index (χ1n) is 21.3. The number of rotatable bonds is 8. The van der Waals surface area contributed by atoms with Gasteiger partial charge in [-0.15, -0.1) is 5.10 Å². The van der Waals surface area contributed by atoms with Crippen molar-refractivity contribution in [3.8, 4) is 0 Å². The third kappa shape index (κ3) is 16.2. The van der Waals surface area contributed by atoms with Crippen LogP contribution in [0.25, 0.3) is 0 Å². The predicted octanol–water partition coefficient (Wildman–Crippen LogP) is 11.8. The lowest BCUT2D eigenvalue weighted by molar-refractivity contribution is -0.385. The average Bonchev–Trinajstić information content (AvgIpc) is 3.85. The fourth-order valence-electron chi connectivity index (χ4n) is 5.56. The molecule has 0 radical (unpaired) electrons. The quantitative estimate of drug-likeness (QED) is 0.0419. The molecule has 0 saturated heterocycles. The van der Waals surface area contributed by atoms with Crippen molar-refractivity contribution in [2.45, 2.75) is 107 Å². The standard InChI is InChI=1S/C20H22ClN7O4.C18H23Cl2N5O4.C7H8N2O2/c1-11-6-7-13(28(30)31)9-15(11)23-18-22-10-14(21)17(24-18)27(16-8-12(2)25-26-16)19(29)32-20(3,4)5;1-10-8-12(23-25(10)16(27)29-18(5,6)7)24(15(26)28-17(2,3)4)13-11(19)9-21-14(20)22-13;1-5-2-3-6(9(10)11)4-7(5)8/h6-10H,1-5H3,(H,25,26)(H,22,23,24);8-9H,1-7H3;2-4H,8H2,1H3. The highest BCUT2D eigenvalue weighted by Crippen LogP contribution is 2.34. The first-order chi connectivity index (χ1) is 33.2. The second-order valence-electron chi connectivity index (χ2n) is 18.4. The highest BCUT2D eigenvalue weighted by Gasteiger charge is 2.33. The van der Waals surface area contributed by atoms with Gasteiger partial charge in [0.15, 0.2) is 23.3 Å². The van der Waals surface area contributed by atoms with E-state index in [4.69, 9.17) is 54.7 Å². The smallest absolute Gasteiger partial charge is 0.435 e. The number of nitrogens with zero attached hydrogens (tertiary/aromatic N) is 11. The SMILES string of the molecule is Cc1cc(N(C(=O)OC(C)(C)C)c2nc(Cl)ncc2Cl)nn1C(=O)OC(C)(C)C.Cc1cc(N(C(=O)OC(C)(C)C)c2nc(Nc3cc([N+](=O)[O-])ccc3C)ncc2Cl)n[nH]1.Cc1ccc([N+](=O)[O-])cc1N. The molecule has 0 atom stereocenters. The number of carbonyl (C=O) groups excluding carboxylic acids is 3. The van der Waals surface area contributed by atoms with Crippen LogP contribution in [0, 0.1) is 47.9 Å². The van der Waals surface area contributed by atoms with Gasteiger partial charge in [-0.2, -0.15) is 19.7 Å². The molecule has 2 amide bonds. The maximum Gasteiger partial charge on any atom is 0.435 e. The number of carbonyl (C=O) groups is 3. The predicted molar refractivity (Wildman–Crippen MR) is 271 cm³/mol. The summed E-state index contributed by atoms with van der Waals surface area (Å²) in [5, 5.41) is 35.4. The molecule has 4 aromatic heterocycles. The van der Waals surface area contributed by atoms with E-state index in [2.05, 4.69) is 40.5 Å². The Hall–Kier alpha value is -7.70. The van der Waals surface area contributed by atoms with Crippen LogP contribution in [0.1, 0.15) is 84.8 Å². The van der Waals surface area contributed by atoms with Crippen molar-refractivity contribution in [2.75, 3.05) is 20.9 Å². The van der Waals surface area contributed by atoms with Crippen LogP contribution in [0.3, 0.4) is 0 Å². The minimum absolute atomic E-state index is 0.0326. The minimum Gasteiger partial charge on any atom is -0.443 e. The number of nitrogen functional groups attached to an aromatic ring is 1. The highest BCUT2D eigenvalue weighted by molar-refractivity contribution is 6.34. The van der Waals surface area contributed by atoms with Gasteiger partial charge in [-0.25, -0.2) is 34.2 Å². The van der Waals surface area contributed by atoms with Crippen molar-refractivity contribution in [3.05, 3.63) is 119 Å². The summed E-state index contributed by atoms with van der Waals surface area (Å²) in [7, 11) is 0. The maximum atomic E-state index is 13.0. The van der Waals surface area contributed by atoms with Crippen molar-refractivity contribution >= 4 is 105 Å². The zero-order valence-electron chi connectivity index (χ0n) is 41.5. The van der Waals surface area contributed by atoms with Gasteiger partial charge < -0.3 is 25.3 Å². The van der Waals surface area contributed by atoms with E-state index in [1.54, 1.807) is 108 Å². The summed E-state index contributed by atoms with van der Waals surface area (Å²) < 4.78 is 17.3. The molecular formula is C45H53Cl3N14O10. The number of nitrogens with two attached hydrogens (primary N) is 1. The van der Waals surface area contributed by atoms with Crippen molar-refractivity contribution < 1.29 is 38.4 Å². The summed E-state index contributed by atoms with van der Waals surface area (Å²) in [6.45, 7) is 22.6. The molecule has 4 N–H and O–H groups in total. The Morgan fingerprint density at radius 1 is 0.694 bits per heavy atom. The second-order valence-corrected chi connectivity index (χ2v) is 19.6. The number of aromatic nitrogens is 8. The van der Waals surface area contributed by atoms with Crippen LogP contribution in [0.5, 0.6) is 0 Å². The Kier molecular flexibility index (Phi) is 18.2. The Balaban J connectivity index is 0.000000259. The highest BCUT2D eigenvalue weighted by atomic mass is 35.5. The van der Waals surface area contributed by atoms with Crippen LogP contribution in [-0.2, 0) is 14.2 Å². The maximum absolute atomic E-state index is 13.0. The number of ether oxygens (including phenoxy) is 3. The zero-order chi connectivity index (χ0) is 54.2. The Morgan fingerprint density at radius 2 is 1.19 bits per heavy atom. The van der Waals surface area contributed by atoms with E-state index in [-0.39, 0.29) is 55.9 Å². The molecule has 384 valence electrons. The average molecular weight is 1060 g/mol. The van der Waals surface area contributed by atoms with E-state index < -0.39 is 44.9 Å². The molecule has 6 aromatic rings. The van der Waals surface area contributed by atoms with Crippen molar-refractivity contribution in [3.63, 3.8) is 0 Å². The molecule has 72 heavy (non-hydrogen) atoms. The summed E-state index contributed by atoms with van der Waals surface area (Å²) in [4.78, 5) is 77.2. The number of hydrogen-bond donors (Lipinski definition) is 3. The molecule has 0 aliphatic heterocycles. The third-order valence-corrected chi connectivity index (χ3v) is 9.46. The fourth-order valence-corrected chi connectivity index (χ4v) is 6.04. The van der Waals surface area contributed by atoms with Gasteiger partial charge in [0.25, 0.3) is 11.4 Å². The number of nitro benzene ring substituents is 2. The molecular weight excluding hydrogens is 1000 g/mol. The first-order valence-corrected chi connectivity index (χ1v) is 22.5. The lowest BCUT2D eigenvalue weighted by Crippen LogP contribution is -2.35. The molecule has 0 bridgehead atoms. The van der Waals surface area contributed by atoms with Crippen LogP contribution in [0.4, 0.5) is 66.4 Å². The van der Waals surface area contributed by atoms with E-state index in [9.17, 15) is 34.6 Å². The summed E-state index contributed by atoms with van der Waals surface area (Å²) in [6.07, 6.45) is 0.333. The van der Waals surface area contributed by atoms with Gasteiger partial charge >= 0.3 is 18.3 Å². The van der Waals surface area contributed by atoms with E-state index in [1.807, 2.05) is 0 Å². The number of amides is 2. The van der Waals surface area contributed by atoms with Gasteiger partial charge in [0.2, 0.25) is 11.2 Å². The molecule has 24 nitrogen and oxygen atoms in total. The van der Waals surface area contributed by atoms with Gasteiger partial charge in [0.05, 0.1) is 33.6 Å². The molecule has 0 aliphatic rings. The van der Waals surface area contributed by atoms with E-state index in [0.717, 1.165) is 25.6 Å². The molecule has 0 aliphatic carbocycles. The number of non-ortho nitro benzene ring substituents is 2. The molecule has 2 aromatic carbocycles. The van der Waals surface area contributed by atoms with Crippen LogP contribution in [0.15, 0.2) is 60.9 Å². The number of H-pyrrole nitrogens is 1. The largest absolute Gasteiger partial charge is 0.443 e. The summed E-state index contributed by atoms with van der Waals surface area (Å²) in [5.74, 6) is 0.366. The Morgan fingerprint density at radius 3 is 1.69 bits per heavy atom. The molecule has 0 unspecified atom stereocenters. The molecule has 0 fully saturated rings. The topological polar surface area (TPSA) is 308 Å². The van der Waals surface area contributed by atoms with Crippen molar-refractivity contribution in [1.29, 1.82) is 0 Å². The van der Waals surface area contributed by atoms with E-state index in [1.165, 1.54) is 42.7 Å². The normalized spacial score (nSPS) is 11.2. The molecule has 0 spiro atoms. The van der Waals surface area contributed by atoms with Crippen molar-refractivity contribution in [2.24, 2.45) is 0 Å².